The minimum atomic E-state index is -0.948. The number of carboxylic acid groups (broad SMARTS) is 1. The molecule has 1 N–H and O–H groups in total. The van der Waals surface area contributed by atoms with Gasteiger partial charge in [-0.3, -0.25) is 4.90 Å². The normalized spacial score (nSPS) is 19.8. The molecule has 1 unspecified atom stereocenters. The zero-order chi connectivity index (χ0) is 15.2. The molecular weight excluding hydrogens is 270 g/mol. The van der Waals surface area contributed by atoms with E-state index in [0.717, 1.165) is 49.3 Å². The molecule has 1 fully saturated rings. The number of aliphatic carboxylic acids is 1. The van der Waals surface area contributed by atoms with Gasteiger partial charge < -0.3 is 14.6 Å². The summed E-state index contributed by atoms with van der Waals surface area (Å²) in [6, 6.07) is 6.04. The van der Waals surface area contributed by atoms with Gasteiger partial charge in [0.05, 0.1) is 20.3 Å². The third kappa shape index (κ3) is 4.31. The van der Waals surface area contributed by atoms with Crippen molar-refractivity contribution in [1.82, 2.24) is 4.90 Å². The number of carboxylic acids is 1. The molecule has 1 heterocycles. The summed E-state index contributed by atoms with van der Waals surface area (Å²) in [7, 11) is 1.63. The second-order valence-electron chi connectivity index (χ2n) is 5.13. The molecule has 1 aliphatic rings. The fourth-order valence-electron chi connectivity index (χ4n) is 2.38. The third-order valence-electron chi connectivity index (χ3n) is 3.63. The van der Waals surface area contributed by atoms with Crippen LogP contribution in [-0.4, -0.2) is 48.9 Å². The number of methoxy groups -OCH3 is 1. The van der Waals surface area contributed by atoms with E-state index in [0.29, 0.717) is 6.04 Å². The van der Waals surface area contributed by atoms with Crippen LogP contribution in [0.1, 0.15) is 18.1 Å². The van der Waals surface area contributed by atoms with Gasteiger partial charge in [-0.2, -0.15) is 0 Å². The van der Waals surface area contributed by atoms with E-state index in [1.165, 1.54) is 0 Å². The molecule has 1 atom stereocenters. The Bertz CT molecular complexity index is 527. The average Bonchev–Trinajstić information content (AvgIpc) is 2.48. The van der Waals surface area contributed by atoms with Gasteiger partial charge in [-0.15, -0.1) is 0 Å². The smallest absolute Gasteiger partial charge is 0.328 e. The summed E-state index contributed by atoms with van der Waals surface area (Å²) in [4.78, 5) is 13.0. The Morgan fingerprint density at radius 3 is 3.05 bits per heavy atom. The molecule has 0 saturated carbocycles. The van der Waals surface area contributed by atoms with Crippen LogP contribution < -0.4 is 4.74 Å². The third-order valence-corrected chi connectivity index (χ3v) is 3.63. The summed E-state index contributed by atoms with van der Waals surface area (Å²) in [5, 5.41) is 8.79. The molecule has 114 valence electrons. The van der Waals surface area contributed by atoms with Crippen molar-refractivity contribution in [1.29, 1.82) is 0 Å². The predicted octanol–water partition coefficient (Wildman–Crippen LogP) is 2.01. The summed E-state index contributed by atoms with van der Waals surface area (Å²) in [6.07, 6.45) is 2.79. The van der Waals surface area contributed by atoms with E-state index in [4.69, 9.17) is 14.6 Å². The lowest BCUT2D eigenvalue weighted by atomic mass is 10.0. The Balaban J connectivity index is 2.23. The van der Waals surface area contributed by atoms with Crippen LogP contribution in [-0.2, 0) is 16.1 Å². The lowest BCUT2D eigenvalue weighted by molar-refractivity contribution is -0.131. The van der Waals surface area contributed by atoms with Crippen molar-refractivity contribution in [2.45, 2.75) is 19.5 Å². The minimum absolute atomic E-state index is 0.348. The Hall–Kier alpha value is -1.85. The minimum Gasteiger partial charge on any atom is -0.497 e. The molecule has 0 spiro atoms. The lowest BCUT2D eigenvalue weighted by Gasteiger charge is -2.33. The Morgan fingerprint density at radius 1 is 1.57 bits per heavy atom. The molecule has 0 aromatic heterocycles. The van der Waals surface area contributed by atoms with E-state index in [1.807, 2.05) is 18.2 Å². The molecule has 0 radical (unpaired) electrons. The number of nitrogens with zero attached hydrogens (tertiary/aromatic N) is 1. The van der Waals surface area contributed by atoms with Crippen LogP contribution in [0.25, 0.3) is 6.08 Å². The second kappa shape index (κ2) is 7.24. The van der Waals surface area contributed by atoms with Crippen molar-refractivity contribution < 1.29 is 19.4 Å². The first kappa shape index (κ1) is 15.5. The number of carbonyl (C=O) groups is 1. The van der Waals surface area contributed by atoms with Crippen LogP contribution >= 0.6 is 0 Å². The Labute approximate surface area is 124 Å². The molecule has 2 rings (SSSR count). The molecule has 21 heavy (non-hydrogen) atoms. The first-order valence-corrected chi connectivity index (χ1v) is 7.00. The summed E-state index contributed by atoms with van der Waals surface area (Å²) in [5.74, 6) is -0.171. The number of hydrogen-bond donors (Lipinski definition) is 1. The number of rotatable bonds is 5. The van der Waals surface area contributed by atoms with Crippen LogP contribution in [0.2, 0.25) is 0 Å². The van der Waals surface area contributed by atoms with Crippen molar-refractivity contribution in [3.63, 3.8) is 0 Å². The predicted molar refractivity (Wildman–Crippen MR) is 80.4 cm³/mol. The maximum absolute atomic E-state index is 10.7. The summed E-state index contributed by atoms with van der Waals surface area (Å²) in [5.41, 5.74) is 1.96. The summed E-state index contributed by atoms with van der Waals surface area (Å²) < 4.78 is 10.7. The molecule has 1 saturated heterocycles. The Kier molecular flexibility index (Phi) is 5.36. The first-order valence-electron chi connectivity index (χ1n) is 7.00. The number of morpholine rings is 1. The SMILES string of the molecule is COc1ccc(C=CC(=O)O)c(CN2CCOCC2C)c1. The fourth-order valence-corrected chi connectivity index (χ4v) is 2.38. The van der Waals surface area contributed by atoms with Crippen LogP contribution in [0.5, 0.6) is 5.75 Å². The van der Waals surface area contributed by atoms with Crippen LogP contribution in [0.4, 0.5) is 0 Å². The van der Waals surface area contributed by atoms with Crippen molar-refractivity contribution >= 4 is 12.0 Å². The number of ether oxygens (including phenoxy) is 2. The van der Waals surface area contributed by atoms with Crippen molar-refractivity contribution in [3.8, 4) is 5.75 Å². The monoisotopic (exact) mass is 291 g/mol. The van der Waals surface area contributed by atoms with E-state index in [2.05, 4.69) is 11.8 Å². The van der Waals surface area contributed by atoms with Crippen molar-refractivity contribution in [2.75, 3.05) is 26.9 Å². The van der Waals surface area contributed by atoms with Gasteiger partial charge >= 0.3 is 5.97 Å². The molecule has 1 aliphatic heterocycles. The van der Waals surface area contributed by atoms with Gasteiger partial charge in [0.2, 0.25) is 0 Å². The second-order valence-corrected chi connectivity index (χ2v) is 5.13. The standard InChI is InChI=1S/C16H21NO4/c1-12-11-21-8-7-17(12)10-14-9-15(20-2)5-3-13(14)4-6-16(18)19/h3-6,9,12H,7-8,10-11H2,1-2H3,(H,18,19). The molecule has 1 aromatic rings. The zero-order valence-electron chi connectivity index (χ0n) is 12.4. The van der Waals surface area contributed by atoms with Crippen molar-refractivity contribution in [2.24, 2.45) is 0 Å². The molecule has 5 nitrogen and oxygen atoms in total. The largest absolute Gasteiger partial charge is 0.497 e. The molecule has 0 aliphatic carbocycles. The average molecular weight is 291 g/mol. The molecule has 0 bridgehead atoms. The van der Waals surface area contributed by atoms with Gasteiger partial charge in [0.1, 0.15) is 5.75 Å². The van der Waals surface area contributed by atoms with Crippen LogP contribution in [0.3, 0.4) is 0 Å². The summed E-state index contributed by atoms with van der Waals surface area (Å²) >= 11 is 0. The summed E-state index contributed by atoms with van der Waals surface area (Å²) in [6.45, 7) is 5.21. The Morgan fingerprint density at radius 2 is 2.38 bits per heavy atom. The highest BCUT2D eigenvalue weighted by molar-refractivity contribution is 5.85. The maximum Gasteiger partial charge on any atom is 0.328 e. The number of benzene rings is 1. The van der Waals surface area contributed by atoms with Crippen LogP contribution in [0.15, 0.2) is 24.3 Å². The molecule has 1 aromatic carbocycles. The topological polar surface area (TPSA) is 59.0 Å². The van der Waals surface area contributed by atoms with E-state index in [-0.39, 0.29) is 0 Å². The quantitative estimate of drug-likeness (QED) is 0.841. The highest BCUT2D eigenvalue weighted by Crippen LogP contribution is 2.22. The zero-order valence-corrected chi connectivity index (χ0v) is 12.4. The molecule has 0 amide bonds. The van der Waals surface area contributed by atoms with E-state index in [1.54, 1.807) is 13.2 Å². The van der Waals surface area contributed by atoms with E-state index >= 15 is 0 Å². The van der Waals surface area contributed by atoms with E-state index in [9.17, 15) is 4.79 Å². The highest BCUT2D eigenvalue weighted by atomic mass is 16.5. The molecular formula is C16H21NO4. The highest BCUT2D eigenvalue weighted by Gasteiger charge is 2.19. The molecule has 5 heteroatoms. The van der Waals surface area contributed by atoms with Gasteiger partial charge in [-0.05, 0) is 36.3 Å². The van der Waals surface area contributed by atoms with Crippen molar-refractivity contribution in [3.05, 3.63) is 35.4 Å². The van der Waals surface area contributed by atoms with Gasteiger partial charge in [-0.25, -0.2) is 4.79 Å². The van der Waals surface area contributed by atoms with Gasteiger partial charge in [0, 0.05) is 25.2 Å². The fraction of sp³-hybridized carbons (Fsp3) is 0.438. The van der Waals surface area contributed by atoms with Gasteiger partial charge in [0.15, 0.2) is 0 Å². The maximum atomic E-state index is 10.7. The first-order chi connectivity index (χ1) is 10.1. The lowest BCUT2D eigenvalue weighted by Crippen LogP contribution is -2.43. The van der Waals surface area contributed by atoms with E-state index < -0.39 is 5.97 Å². The van der Waals surface area contributed by atoms with Gasteiger partial charge in [0.25, 0.3) is 0 Å². The van der Waals surface area contributed by atoms with Crippen LogP contribution in [0, 0.1) is 0 Å². The van der Waals surface area contributed by atoms with Gasteiger partial charge in [-0.1, -0.05) is 6.07 Å². The number of hydrogen-bond acceptors (Lipinski definition) is 4.